The lowest BCUT2D eigenvalue weighted by atomic mass is 9.84. The average molecular weight is 392 g/mol. The molecule has 2 bridgehead atoms. The third kappa shape index (κ3) is 3.91. The van der Waals surface area contributed by atoms with Crippen LogP contribution in [0.2, 0.25) is 5.02 Å². The summed E-state index contributed by atoms with van der Waals surface area (Å²) in [5, 5.41) is 12.3. The molecule has 4 unspecified atom stereocenters. The van der Waals surface area contributed by atoms with Crippen molar-refractivity contribution < 1.29 is 9.21 Å². The standard InChI is InChI=1S/C19H22ClN3O2S/c1-11(16-9-12-2-3-14(16)8-12)21-17(24)10-26-19-23-22-18(25-19)13-4-6-15(20)7-5-13/h4-7,11-12,14,16H,2-3,8-10H2,1H3,(H,21,24). The maximum Gasteiger partial charge on any atom is 0.277 e. The molecule has 26 heavy (non-hydrogen) atoms. The Bertz CT molecular complexity index is 779. The number of nitrogens with one attached hydrogen (secondary N) is 1. The van der Waals surface area contributed by atoms with Crippen LogP contribution in [-0.2, 0) is 4.79 Å². The summed E-state index contributed by atoms with van der Waals surface area (Å²) in [6, 6.07) is 7.45. The van der Waals surface area contributed by atoms with Gasteiger partial charge < -0.3 is 9.73 Å². The Morgan fingerprint density at radius 1 is 1.31 bits per heavy atom. The lowest BCUT2D eigenvalue weighted by Crippen LogP contribution is -2.40. The summed E-state index contributed by atoms with van der Waals surface area (Å²) in [4.78, 5) is 12.3. The molecule has 4 rings (SSSR count). The van der Waals surface area contributed by atoms with Crippen molar-refractivity contribution in [3.63, 3.8) is 0 Å². The normalized spacial score (nSPS) is 25.4. The van der Waals surface area contributed by atoms with Gasteiger partial charge in [0.1, 0.15) is 0 Å². The Morgan fingerprint density at radius 3 is 2.81 bits per heavy atom. The van der Waals surface area contributed by atoms with Crippen molar-refractivity contribution in [2.45, 2.75) is 43.9 Å². The van der Waals surface area contributed by atoms with E-state index in [9.17, 15) is 4.79 Å². The number of nitrogens with zero attached hydrogens (tertiary/aromatic N) is 2. The van der Waals surface area contributed by atoms with Gasteiger partial charge in [-0.15, -0.1) is 10.2 Å². The van der Waals surface area contributed by atoms with Crippen molar-refractivity contribution in [2.75, 3.05) is 5.75 Å². The highest BCUT2D eigenvalue weighted by Gasteiger charge is 2.42. The molecule has 7 heteroatoms. The van der Waals surface area contributed by atoms with Crippen LogP contribution in [0.1, 0.15) is 32.6 Å². The minimum absolute atomic E-state index is 0.0246. The van der Waals surface area contributed by atoms with E-state index in [0.29, 0.717) is 22.1 Å². The van der Waals surface area contributed by atoms with Crippen molar-refractivity contribution in [2.24, 2.45) is 17.8 Å². The largest absolute Gasteiger partial charge is 0.411 e. The van der Waals surface area contributed by atoms with Crippen LogP contribution in [0, 0.1) is 17.8 Å². The van der Waals surface area contributed by atoms with Gasteiger partial charge in [0.05, 0.1) is 5.75 Å². The van der Waals surface area contributed by atoms with Crippen LogP contribution in [0.4, 0.5) is 0 Å². The molecule has 0 radical (unpaired) electrons. The summed E-state index contributed by atoms with van der Waals surface area (Å²) in [5.41, 5.74) is 0.808. The Balaban J connectivity index is 1.27. The summed E-state index contributed by atoms with van der Waals surface area (Å²) in [7, 11) is 0. The Morgan fingerprint density at radius 2 is 2.12 bits per heavy atom. The number of aromatic nitrogens is 2. The van der Waals surface area contributed by atoms with Crippen LogP contribution in [0.15, 0.2) is 33.9 Å². The molecule has 0 saturated heterocycles. The molecule has 2 saturated carbocycles. The van der Waals surface area contributed by atoms with Crippen LogP contribution in [0.5, 0.6) is 0 Å². The number of halogens is 1. The minimum atomic E-state index is 0.0246. The van der Waals surface area contributed by atoms with Gasteiger partial charge in [-0.2, -0.15) is 0 Å². The SMILES string of the molecule is CC(NC(=O)CSc1nnc(-c2ccc(Cl)cc2)o1)C1CC2CCC1C2. The van der Waals surface area contributed by atoms with Gasteiger partial charge in [0.2, 0.25) is 11.8 Å². The summed E-state index contributed by atoms with van der Waals surface area (Å²) >= 11 is 7.15. The van der Waals surface area contributed by atoms with Gasteiger partial charge in [0.15, 0.2) is 0 Å². The monoisotopic (exact) mass is 391 g/mol. The van der Waals surface area contributed by atoms with Crippen molar-refractivity contribution >= 4 is 29.3 Å². The maximum absolute atomic E-state index is 12.3. The van der Waals surface area contributed by atoms with E-state index in [1.54, 1.807) is 12.1 Å². The molecule has 2 aliphatic rings. The third-order valence-corrected chi connectivity index (χ3v) is 6.72. The van der Waals surface area contributed by atoms with Crippen LogP contribution in [0.3, 0.4) is 0 Å². The van der Waals surface area contributed by atoms with E-state index >= 15 is 0 Å². The number of carbonyl (C=O) groups excluding carboxylic acids is 1. The minimum Gasteiger partial charge on any atom is -0.411 e. The van der Waals surface area contributed by atoms with Gasteiger partial charge >= 0.3 is 0 Å². The van der Waals surface area contributed by atoms with Crippen LogP contribution in [0.25, 0.3) is 11.5 Å². The molecule has 138 valence electrons. The molecule has 1 aromatic heterocycles. The molecule has 1 amide bonds. The first kappa shape index (κ1) is 17.9. The first-order valence-corrected chi connectivity index (χ1v) is 10.5. The number of amides is 1. The van der Waals surface area contributed by atoms with Crippen molar-refractivity contribution in [1.82, 2.24) is 15.5 Å². The number of fused-ring (bicyclic) bond motifs is 2. The molecule has 1 aromatic carbocycles. The smallest absolute Gasteiger partial charge is 0.277 e. The zero-order valence-electron chi connectivity index (χ0n) is 14.7. The van der Waals surface area contributed by atoms with E-state index in [1.807, 2.05) is 12.1 Å². The molecule has 0 aliphatic heterocycles. The first-order valence-electron chi connectivity index (χ1n) is 9.10. The summed E-state index contributed by atoms with van der Waals surface area (Å²) in [5.74, 6) is 3.08. The fraction of sp³-hybridized carbons (Fsp3) is 0.526. The second kappa shape index (κ2) is 7.61. The third-order valence-electron chi connectivity index (χ3n) is 5.65. The number of thioether (sulfide) groups is 1. The number of rotatable bonds is 6. The predicted molar refractivity (Wildman–Crippen MR) is 102 cm³/mol. The number of hydrogen-bond acceptors (Lipinski definition) is 5. The molecule has 2 fully saturated rings. The Kier molecular flexibility index (Phi) is 5.23. The van der Waals surface area contributed by atoms with Gasteiger partial charge in [0, 0.05) is 16.6 Å². The predicted octanol–water partition coefficient (Wildman–Crippen LogP) is 4.42. The van der Waals surface area contributed by atoms with Gasteiger partial charge in [-0.05, 0) is 68.2 Å². The van der Waals surface area contributed by atoms with E-state index in [1.165, 1.54) is 37.4 Å². The molecule has 1 N–H and O–H groups in total. The number of benzene rings is 1. The fourth-order valence-electron chi connectivity index (χ4n) is 4.41. The molecule has 2 aliphatic carbocycles. The Hall–Kier alpha value is -1.53. The maximum atomic E-state index is 12.3. The Labute approximate surface area is 162 Å². The van der Waals surface area contributed by atoms with Gasteiger partial charge in [-0.1, -0.05) is 29.8 Å². The van der Waals surface area contributed by atoms with Crippen LogP contribution in [-0.4, -0.2) is 27.9 Å². The lowest BCUT2D eigenvalue weighted by Gasteiger charge is -2.28. The van der Waals surface area contributed by atoms with Crippen molar-refractivity contribution in [3.05, 3.63) is 29.3 Å². The van der Waals surface area contributed by atoms with Gasteiger partial charge in [-0.25, -0.2) is 0 Å². The van der Waals surface area contributed by atoms with E-state index in [-0.39, 0.29) is 17.7 Å². The molecule has 1 heterocycles. The average Bonchev–Trinajstić information content (AvgIpc) is 3.37. The molecule has 4 atom stereocenters. The van der Waals surface area contributed by atoms with Gasteiger partial charge in [-0.3, -0.25) is 4.79 Å². The number of hydrogen-bond donors (Lipinski definition) is 1. The molecule has 5 nitrogen and oxygen atoms in total. The summed E-state index contributed by atoms with van der Waals surface area (Å²) in [6.45, 7) is 2.14. The lowest BCUT2D eigenvalue weighted by molar-refractivity contribution is -0.119. The van der Waals surface area contributed by atoms with Crippen LogP contribution >= 0.6 is 23.4 Å². The topological polar surface area (TPSA) is 68.0 Å². The zero-order valence-corrected chi connectivity index (χ0v) is 16.2. The van der Waals surface area contributed by atoms with Gasteiger partial charge in [0.25, 0.3) is 5.22 Å². The highest BCUT2D eigenvalue weighted by Crippen LogP contribution is 2.49. The molecule has 0 spiro atoms. The summed E-state index contributed by atoms with van der Waals surface area (Å²) < 4.78 is 5.62. The number of carbonyl (C=O) groups is 1. The molecule has 2 aromatic rings. The van der Waals surface area contributed by atoms with E-state index < -0.39 is 0 Å². The quantitative estimate of drug-likeness (QED) is 0.738. The fourth-order valence-corrected chi connectivity index (χ4v) is 5.11. The molecular formula is C19H22ClN3O2S. The van der Waals surface area contributed by atoms with Crippen LogP contribution < -0.4 is 5.32 Å². The van der Waals surface area contributed by atoms with Crippen molar-refractivity contribution in [1.29, 1.82) is 0 Å². The first-order chi connectivity index (χ1) is 12.6. The zero-order chi connectivity index (χ0) is 18.1. The van der Waals surface area contributed by atoms with E-state index in [0.717, 1.165) is 17.4 Å². The van der Waals surface area contributed by atoms with E-state index in [4.69, 9.17) is 16.0 Å². The second-order valence-corrected chi connectivity index (χ2v) is 8.73. The van der Waals surface area contributed by atoms with Crippen molar-refractivity contribution in [3.8, 4) is 11.5 Å². The molecular weight excluding hydrogens is 370 g/mol. The second-order valence-electron chi connectivity index (χ2n) is 7.36. The highest BCUT2D eigenvalue weighted by molar-refractivity contribution is 7.99. The van der Waals surface area contributed by atoms with E-state index in [2.05, 4.69) is 22.4 Å². The highest BCUT2D eigenvalue weighted by atomic mass is 35.5. The summed E-state index contributed by atoms with van der Waals surface area (Å²) in [6.07, 6.45) is 5.34.